The predicted molar refractivity (Wildman–Crippen MR) is 59.2 cm³/mol. The van der Waals surface area contributed by atoms with Crippen molar-refractivity contribution in [3.05, 3.63) is 12.2 Å². The molecule has 0 amide bonds. The molecule has 0 spiro atoms. The van der Waals surface area contributed by atoms with Gasteiger partial charge in [-0.1, -0.05) is 13.8 Å². The Morgan fingerprint density at radius 2 is 2.07 bits per heavy atom. The van der Waals surface area contributed by atoms with Gasteiger partial charge >= 0.3 is 0 Å². The summed E-state index contributed by atoms with van der Waals surface area (Å²) >= 11 is 0. The maximum Gasteiger partial charge on any atom is 0.138 e. The van der Waals surface area contributed by atoms with Crippen molar-refractivity contribution in [1.82, 2.24) is 20.5 Å². The molecule has 2 rings (SSSR count). The Labute approximate surface area is 90.9 Å². The molecular weight excluding hydrogens is 188 g/mol. The van der Waals surface area contributed by atoms with Crippen LogP contribution in [-0.4, -0.2) is 21.2 Å². The first-order valence-electron chi connectivity index (χ1n) is 5.81. The van der Waals surface area contributed by atoms with Crippen LogP contribution in [0.4, 0.5) is 0 Å². The van der Waals surface area contributed by atoms with E-state index >= 15 is 0 Å². The van der Waals surface area contributed by atoms with Crippen LogP contribution in [0.1, 0.15) is 38.9 Å². The Morgan fingerprint density at radius 3 is 2.67 bits per heavy atom. The summed E-state index contributed by atoms with van der Waals surface area (Å²) in [5.41, 5.74) is 0. The summed E-state index contributed by atoms with van der Waals surface area (Å²) in [4.78, 5) is 4.11. The molecule has 0 bridgehead atoms. The molecule has 1 aliphatic rings. The van der Waals surface area contributed by atoms with Crippen LogP contribution >= 0.6 is 0 Å². The average Bonchev–Trinajstić information content (AvgIpc) is 2.65. The van der Waals surface area contributed by atoms with Crippen molar-refractivity contribution in [1.29, 1.82) is 0 Å². The van der Waals surface area contributed by atoms with Gasteiger partial charge in [0.15, 0.2) is 0 Å². The van der Waals surface area contributed by atoms with E-state index in [-0.39, 0.29) is 0 Å². The van der Waals surface area contributed by atoms with Gasteiger partial charge in [-0.15, -0.1) is 0 Å². The van der Waals surface area contributed by atoms with Crippen LogP contribution in [0, 0.1) is 11.8 Å². The van der Waals surface area contributed by atoms with Crippen LogP contribution in [0.2, 0.25) is 0 Å². The highest BCUT2D eigenvalue weighted by molar-refractivity contribution is 4.84. The predicted octanol–water partition coefficient (Wildman–Crippen LogP) is 1.72. The number of hydrogen-bond acceptors (Lipinski definition) is 3. The van der Waals surface area contributed by atoms with E-state index in [0.717, 1.165) is 24.2 Å². The molecule has 1 aromatic rings. The van der Waals surface area contributed by atoms with Crippen LogP contribution in [0.15, 0.2) is 6.33 Å². The van der Waals surface area contributed by atoms with Gasteiger partial charge in [0.2, 0.25) is 0 Å². The number of aromatic amines is 1. The average molecular weight is 208 g/mol. The van der Waals surface area contributed by atoms with Crippen molar-refractivity contribution < 1.29 is 0 Å². The first-order chi connectivity index (χ1) is 7.24. The SMILES string of the molecule is CC1CC(C)CC(NCc2ncn[nH]2)C1. The second-order valence-electron chi connectivity index (χ2n) is 4.93. The normalized spacial score (nSPS) is 31.7. The minimum Gasteiger partial charge on any atom is -0.307 e. The van der Waals surface area contributed by atoms with E-state index in [1.807, 2.05) is 0 Å². The molecule has 84 valence electrons. The van der Waals surface area contributed by atoms with E-state index in [2.05, 4.69) is 34.3 Å². The van der Waals surface area contributed by atoms with E-state index in [0.29, 0.717) is 6.04 Å². The van der Waals surface area contributed by atoms with E-state index in [4.69, 9.17) is 0 Å². The lowest BCUT2D eigenvalue weighted by Crippen LogP contribution is -2.36. The third-order valence-corrected chi connectivity index (χ3v) is 3.20. The maximum atomic E-state index is 4.11. The third kappa shape index (κ3) is 3.02. The van der Waals surface area contributed by atoms with Crippen LogP contribution in [0.5, 0.6) is 0 Å². The molecule has 1 aliphatic carbocycles. The minimum absolute atomic E-state index is 0.647. The molecule has 1 aromatic heterocycles. The van der Waals surface area contributed by atoms with Gasteiger partial charge in [-0.05, 0) is 31.1 Å². The summed E-state index contributed by atoms with van der Waals surface area (Å²) in [6.45, 7) is 5.50. The minimum atomic E-state index is 0.647. The summed E-state index contributed by atoms with van der Waals surface area (Å²) in [7, 11) is 0. The van der Waals surface area contributed by atoms with E-state index in [1.54, 1.807) is 6.33 Å². The lowest BCUT2D eigenvalue weighted by Gasteiger charge is -2.31. The number of H-pyrrole nitrogens is 1. The van der Waals surface area contributed by atoms with Gasteiger partial charge in [0.05, 0.1) is 6.54 Å². The Bertz CT molecular complexity index is 273. The summed E-state index contributed by atoms with van der Waals surface area (Å²) < 4.78 is 0. The molecule has 0 aliphatic heterocycles. The molecule has 4 nitrogen and oxygen atoms in total. The second kappa shape index (κ2) is 4.75. The highest BCUT2D eigenvalue weighted by atomic mass is 15.2. The molecule has 4 heteroatoms. The van der Waals surface area contributed by atoms with Crippen molar-refractivity contribution in [2.75, 3.05) is 0 Å². The van der Waals surface area contributed by atoms with Crippen molar-refractivity contribution in [2.45, 2.75) is 45.7 Å². The fourth-order valence-electron chi connectivity index (χ4n) is 2.67. The molecule has 1 fully saturated rings. The lowest BCUT2D eigenvalue weighted by molar-refractivity contribution is 0.237. The van der Waals surface area contributed by atoms with Crippen LogP contribution in [-0.2, 0) is 6.54 Å². The first kappa shape index (κ1) is 10.6. The second-order valence-corrected chi connectivity index (χ2v) is 4.93. The fourth-order valence-corrected chi connectivity index (χ4v) is 2.67. The highest BCUT2D eigenvalue weighted by Crippen LogP contribution is 2.28. The molecular formula is C11H20N4. The van der Waals surface area contributed by atoms with Gasteiger partial charge in [-0.25, -0.2) is 4.98 Å². The van der Waals surface area contributed by atoms with Crippen molar-refractivity contribution in [2.24, 2.45) is 11.8 Å². The van der Waals surface area contributed by atoms with Gasteiger partial charge in [0.1, 0.15) is 12.2 Å². The highest BCUT2D eigenvalue weighted by Gasteiger charge is 2.23. The van der Waals surface area contributed by atoms with Crippen molar-refractivity contribution >= 4 is 0 Å². The molecule has 0 aromatic carbocycles. The van der Waals surface area contributed by atoms with Crippen molar-refractivity contribution in [3.63, 3.8) is 0 Å². The maximum absolute atomic E-state index is 4.11. The van der Waals surface area contributed by atoms with Gasteiger partial charge in [-0.3, -0.25) is 5.10 Å². The lowest BCUT2D eigenvalue weighted by atomic mass is 9.80. The Morgan fingerprint density at radius 1 is 1.33 bits per heavy atom. The number of rotatable bonds is 3. The Kier molecular flexibility index (Phi) is 3.36. The standard InChI is InChI=1S/C11H20N4/c1-8-3-9(2)5-10(4-8)12-6-11-13-7-14-15-11/h7-10,12H,3-6H2,1-2H3,(H,13,14,15). The molecule has 2 N–H and O–H groups in total. The first-order valence-corrected chi connectivity index (χ1v) is 5.81. The summed E-state index contributed by atoms with van der Waals surface area (Å²) in [5.74, 6) is 2.63. The molecule has 15 heavy (non-hydrogen) atoms. The Balaban J connectivity index is 1.79. The monoisotopic (exact) mass is 208 g/mol. The van der Waals surface area contributed by atoms with Gasteiger partial charge in [0.25, 0.3) is 0 Å². The molecule has 1 heterocycles. The van der Waals surface area contributed by atoms with Gasteiger partial charge in [-0.2, -0.15) is 5.10 Å². The van der Waals surface area contributed by atoms with Crippen LogP contribution < -0.4 is 5.32 Å². The Hall–Kier alpha value is -0.900. The fraction of sp³-hybridized carbons (Fsp3) is 0.818. The molecule has 0 radical (unpaired) electrons. The molecule has 2 unspecified atom stereocenters. The molecule has 0 saturated heterocycles. The van der Waals surface area contributed by atoms with E-state index in [1.165, 1.54) is 19.3 Å². The summed E-state index contributed by atoms with van der Waals surface area (Å²) in [6, 6.07) is 0.647. The number of nitrogens with one attached hydrogen (secondary N) is 2. The van der Waals surface area contributed by atoms with Crippen molar-refractivity contribution in [3.8, 4) is 0 Å². The largest absolute Gasteiger partial charge is 0.307 e. The quantitative estimate of drug-likeness (QED) is 0.795. The summed E-state index contributed by atoms with van der Waals surface area (Å²) in [6.07, 6.45) is 5.51. The van der Waals surface area contributed by atoms with Crippen LogP contribution in [0.3, 0.4) is 0 Å². The molecule has 1 saturated carbocycles. The van der Waals surface area contributed by atoms with Gasteiger partial charge in [0, 0.05) is 6.04 Å². The molecule has 2 atom stereocenters. The zero-order chi connectivity index (χ0) is 10.7. The number of aromatic nitrogens is 3. The van der Waals surface area contributed by atoms with Gasteiger partial charge < -0.3 is 5.32 Å². The number of hydrogen-bond donors (Lipinski definition) is 2. The summed E-state index contributed by atoms with van der Waals surface area (Å²) in [5, 5.41) is 10.3. The third-order valence-electron chi connectivity index (χ3n) is 3.20. The van der Waals surface area contributed by atoms with E-state index in [9.17, 15) is 0 Å². The van der Waals surface area contributed by atoms with Crippen LogP contribution in [0.25, 0.3) is 0 Å². The number of nitrogens with zero attached hydrogens (tertiary/aromatic N) is 2. The zero-order valence-electron chi connectivity index (χ0n) is 9.53. The smallest absolute Gasteiger partial charge is 0.138 e. The zero-order valence-corrected chi connectivity index (χ0v) is 9.53. The topological polar surface area (TPSA) is 53.6 Å². The van der Waals surface area contributed by atoms with E-state index < -0.39 is 0 Å².